The molecule has 46 heteroatoms. The summed E-state index contributed by atoms with van der Waals surface area (Å²) in [6.45, 7) is 10.4. The highest BCUT2D eigenvalue weighted by Gasteiger charge is 2.39. The van der Waals surface area contributed by atoms with Crippen molar-refractivity contribution < 1.29 is 136 Å². The number of amides is 14. The Hall–Kier alpha value is -11.3. The molecule has 0 aliphatic carbocycles. The van der Waals surface area contributed by atoms with E-state index in [9.17, 15) is 136 Å². The molecule has 0 fully saturated rings. The summed E-state index contributed by atoms with van der Waals surface area (Å²) in [7, 11) is 0. The zero-order chi connectivity index (χ0) is 88.8. The maximum atomic E-state index is 14.5. The summed E-state index contributed by atoms with van der Waals surface area (Å²) < 4.78 is 0. The van der Waals surface area contributed by atoms with E-state index in [1.54, 1.807) is 13.8 Å². The fourth-order valence-electron chi connectivity index (χ4n) is 11.0. The van der Waals surface area contributed by atoms with E-state index in [1.165, 1.54) is 27.7 Å². The van der Waals surface area contributed by atoms with Crippen LogP contribution in [0.3, 0.4) is 0 Å². The fraction of sp³-hybridized carbons (Fsp3) is 0.700. The lowest BCUT2D eigenvalue weighted by atomic mass is 9.98. The normalized spacial score (nSPS) is 14.7. The topological polar surface area (TPSA) is 787 Å². The molecule has 0 saturated carbocycles. The number of hydrogen-bond acceptors (Lipinski definition) is 25. The molecule has 30 N–H and O–H groups in total. The highest BCUT2D eigenvalue weighted by atomic mass is 16.4. The monoisotopic (exact) mass is 1660 g/mol. The predicted octanol–water partition coefficient (Wildman–Crippen LogP) is -6.86. The van der Waals surface area contributed by atoms with Crippen molar-refractivity contribution in [2.45, 2.75) is 274 Å². The average Bonchev–Trinajstić information content (AvgIpc) is 0.846. The van der Waals surface area contributed by atoms with Gasteiger partial charge in [-0.2, -0.15) is 0 Å². The van der Waals surface area contributed by atoms with Crippen LogP contribution in [0.1, 0.15) is 190 Å². The first kappa shape index (κ1) is 105. The van der Waals surface area contributed by atoms with Gasteiger partial charge >= 0.3 is 41.8 Å². The third-order valence-electron chi connectivity index (χ3n) is 17.5. The van der Waals surface area contributed by atoms with Crippen LogP contribution in [0, 0.1) is 17.8 Å². The van der Waals surface area contributed by atoms with Crippen LogP contribution >= 0.6 is 0 Å². The predicted molar refractivity (Wildman–Crippen MR) is 405 cm³/mol. The lowest BCUT2D eigenvalue weighted by Gasteiger charge is -2.30. The Labute approximate surface area is 668 Å². The molecule has 0 unspecified atom stereocenters. The van der Waals surface area contributed by atoms with E-state index in [0.717, 1.165) is 6.92 Å². The van der Waals surface area contributed by atoms with Gasteiger partial charge in [-0.3, -0.25) is 95.9 Å². The highest BCUT2D eigenvalue weighted by Crippen LogP contribution is 2.16. The maximum Gasteiger partial charge on any atom is 0.326 e. The highest BCUT2D eigenvalue weighted by molar-refractivity contribution is 6.01. The minimum atomic E-state index is -1.92. The summed E-state index contributed by atoms with van der Waals surface area (Å²) in [5, 5.41) is 97.2. The molecule has 0 heterocycles. The lowest BCUT2D eigenvalue weighted by molar-refractivity contribution is -0.144. The molecule has 116 heavy (non-hydrogen) atoms. The number of unbranched alkanes of at least 4 members (excludes halogenated alkanes) is 3. The standard InChI is InChI=1S/C70H118N18O28/c1-33(2)30-46(85-58(103)37(74)31-54(100)101)67(112)80-40(16-10-13-29-73)62(107)82-43(19-24-51(94)95)63(108)79-38(14-8-11-27-71)60(105)78-39(15-9-12-28-72)61(106)83-45(21-26-53(98)99)66(111)87-56(35(5)6)69(114)88-55(34(3)4)68(113)84-44(20-25-52(96)97)64(109)81-41(17-22-49(90)91)59(104)76-36(7)57(102)77-42(18-23-50(92)93)65(110)86-47(70(115)116)32-48(75)89/h33-47,55-56H,8-32,71-74H2,1-7H3,(H2,75,89)(H,76,104)(H,77,102)(H,78,105)(H,79,108)(H,80,112)(H,81,109)(H,82,107)(H,83,106)(H,84,113)(H,85,103)(H,86,110)(H,87,111)(H,88,114)(H,90,91)(H,92,93)(H,94,95)(H,96,97)(H,98,99)(H,100,101)(H,115,116)/t36-,37-,38-,39-,40-,41-,42-,43-,44-,45-,46-,47-,55-,56-/m0/s1. The van der Waals surface area contributed by atoms with E-state index >= 15 is 0 Å². The molecule has 14 atom stereocenters. The van der Waals surface area contributed by atoms with Crippen molar-refractivity contribution in [2.24, 2.45) is 46.4 Å². The first-order chi connectivity index (χ1) is 54.2. The largest absolute Gasteiger partial charge is 0.481 e. The number of nitrogens with two attached hydrogens (primary N) is 5. The van der Waals surface area contributed by atoms with Crippen LogP contribution in [0.15, 0.2) is 0 Å². The van der Waals surface area contributed by atoms with Gasteiger partial charge in [0.25, 0.3) is 0 Å². The third-order valence-corrected chi connectivity index (χ3v) is 17.5. The summed E-state index contributed by atoms with van der Waals surface area (Å²) in [6, 6.07) is -23.8. The van der Waals surface area contributed by atoms with Gasteiger partial charge in [0.2, 0.25) is 82.7 Å². The molecule has 0 aromatic heterocycles. The second kappa shape index (κ2) is 55.3. The molecule has 46 nitrogen and oxygen atoms in total. The van der Waals surface area contributed by atoms with Crippen molar-refractivity contribution in [1.82, 2.24) is 69.1 Å². The number of aliphatic carboxylic acids is 7. The second-order valence-electron chi connectivity index (χ2n) is 28.7. The summed E-state index contributed by atoms with van der Waals surface area (Å²) >= 11 is 0. The van der Waals surface area contributed by atoms with E-state index < -0.39 is 298 Å². The Morgan fingerprint density at radius 1 is 0.267 bits per heavy atom. The molecule has 0 aliphatic rings. The molecule has 0 aromatic rings. The quantitative estimate of drug-likeness (QED) is 0.0252. The van der Waals surface area contributed by atoms with Crippen LogP contribution in [0.4, 0.5) is 0 Å². The third kappa shape index (κ3) is 43.3. The molecule has 0 bridgehead atoms. The van der Waals surface area contributed by atoms with Crippen LogP contribution in [-0.2, 0) is 101 Å². The number of carbonyl (C=O) groups excluding carboxylic acids is 14. The maximum absolute atomic E-state index is 14.5. The Morgan fingerprint density at radius 2 is 0.509 bits per heavy atom. The number of carboxylic acid groups (broad SMARTS) is 7. The van der Waals surface area contributed by atoms with E-state index in [4.69, 9.17) is 28.7 Å². The van der Waals surface area contributed by atoms with Gasteiger partial charge in [-0.05, 0) is 141 Å². The molecule has 0 aliphatic heterocycles. The van der Waals surface area contributed by atoms with Gasteiger partial charge in [0.15, 0.2) is 0 Å². The van der Waals surface area contributed by atoms with Crippen molar-refractivity contribution in [3.8, 4) is 0 Å². The first-order valence-corrected chi connectivity index (χ1v) is 37.8. The van der Waals surface area contributed by atoms with Gasteiger partial charge in [-0.25, -0.2) is 4.79 Å². The van der Waals surface area contributed by atoms with Crippen LogP contribution in [-0.4, -0.2) is 264 Å². The smallest absolute Gasteiger partial charge is 0.326 e. The lowest BCUT2D eigenvalue weighted by Crippen LogP contribution is -2.62. The molecule has 0 spiro atoms. The molecule has 0 radical (unpaired) electrons. The van der Waals surface area contributed by atoms with E-state index in [0.29, 0.717) is 6.42 Å². The van der Waals surface area contributed by atoms with Crippen molar-refractivity contribution in [1.29, 1.82) is 0 Å². The number of carboxylic acids is 7. The molecule has 14 amide bonds. The Bertz CT molecular complexity index is 3400. The number of primary amides is 1. The van der Waals surface area contributed by atoms with Crippen LogP contribution < -0.4 is 97.8 Å². The van der Waals surface area contributed by atoms with Crippen molar-refractivity contribution in [3.05, 3.63) is 0 Å². The number of nitrogens with one attached hydrogen (secondary N) is 13. The van der Waals surface area contributed by atoms with Gasteiger partial charge in [-0.15, -0.1) is 0 Å². The van der Waals surface area contributed by atoms with Gasteiger partial charge in [-0.1, -0.05) is 41.5 Å². The summed E-state index contributed by atoms with van der Waals surface area (Å²) in [5.74, 6) is -28.6. The van der Waals surface area contributed by atoms with E-state index in [2.05, 4.69) is 63.8 Å². The van der Waals surface area contributed by atoms with Crippen LogP contribution in [0.2, 0.25) is 0 Å². The average molecular weight is 1660 g/mol. The number of rotatable bonds is 62. The van der Waals surface area contributed by atoms with Gasteiger partial charge in [0.1, 0.15) is 78.5 Å². The fourth-order valence-corrected chi connectivity index (χ4v) is 11.0. The molecule has 0 rings (SSSR count). The van der Waals surface area contributed by atoms with Crippen molar-refractivity contribution in [2.75, 3.05) is 19.6 Å². The minimum absolute atomic E-state index is 0.0197. The van der Waals surface area contributed by atoms with Crippen LogP contribution in [0.5, 0.6) is 0 Å². The van der Waals surface area contributed by atoms with Crippen LogP contribution in [0.25, 0.3) is 0 Å². The van der Waals surface area contributed by atoms with Gasteiger partial charge in [0.05, 0.1) is 18.9 Å². The molecular formula is C70H118N18O28. The Morgan fingerprint density at radius 3 is 0.776 bits per heavy atom. The summed E-state index contributed by atoms with van der Waals surface area (Å²) in [6.07, 6.45) is -8.34. The molecule has 656 valence electrons. The van der Waals surface area contributed by atoms with Crippen molar-refractivity contribution in [3.63, 3.8) is 0 Å². The van der Waals surface area contributed by atoms with Crippen molar-refractivity contribution >= 4 is 124 Å². The van der Waals surface area contributed by atoms with Gasteiger partial charge < -0.3 is 134 Å². The Kier molecular flexibility index (Phi) is 49.9. The zero-order valence-corrected chi connectivity index (χ0v) is 66.1. The zero-order valence-electron chi connectivity index (χ0n) is 66.1. The van der Waals surface area contributed by atoms with Gasteiger partial charge in [0, 0.05) is 32.1 Å². The SMILES string of the molecule is CC(C)C[C@H](NC(=O)[C@@H](N)CC(=O)O)C(=O)N[C@@H](CCCCN)C(=O)N[C@@H](CCC(=O)O)C(=O)N[C@@H](CCCCN)C(=O)N[C@@H](CCCCN)C(=O)N[C@@H](CCC(=O)O)C(=O)N[C@H](C(=O)N[C@H](C(=O)N[C@@H](CCC(=O)O)C(=O)N[C@@H](CCC(=O)O)C(=O)N[C@@H](C)C(=O)N[C@@H](CCC(=O)O)C(=O)N[C@@H](CC(N)=O)C(=O)O)C(C)C)C(C)C. The number of hydrogen-bond donors (Lipinski definition) is 25. The Balaban J connectivity index is 7.26. The van der Waals surface area contributed by atoms with E-state index in [-0.39, 0.29) is 83.3 Å². The second-order valence-corrected chi connectivity index (χ2v) is 28.7. The number of carbonyl (C=O) groups is 21. The molecule has 0 aromatic carbocycles. The van der Waals surface area contributed by atoms with E-state index in [1.807, 2.05) is 5.32 Å². The minimum Gasteiger partial charge on any atom is -0.481 e. The molecule has 0 saturated heterocycles. The first-order valence-electron chi connectivity index (χ1n) is 37.8. The molecular weight excluding hydrogens is 1540 g/mol. The summed E-state index contributed by atoms with van der Waals surface area (Å²) in [5.41, 5.74) is 28.1. The summed E-state index contributed by atoms with van der Waals surface area (Å²) in [4.78, 5) is 276.